The maximum Gasteiger partial charge on any atom is 0.135 e. The van der Waals surface area contributed by atoms with Gasteiger partial charge in [-0.25, -0.2) is 4.39 Å². The number of thiocarbonyl (C=S) groups is 1. The molecular formula is C15H21FN2S. The van der Waals surface area contributed by atoms with Gasteiger partial charge < -0.3 is 10.6 Å². The van der Waals surface area contributed by atoms with Gasteiger partial charge in [0.1, 0.15) is 10.8 Å². The summed E-state index contributed by atoms with van der Waals surface area (Å²) in [5.41, 5.74) is 7.26. The SMILES string of the molecule is CCC1(CC)CCN(c2cccc(F)c2C(N)=S)C1. The molecule has 104 valence electrons. The van der Waals surface area contributed by atoms with Gasteiger partial charge >= 0.3 is 0 Å². The molecule has 19 heavy (non-hydrogen) atoms. The molecule has 0 bridgehead atoms. The first kappa shape index (κ1) is 14.3. The maximum absolute atomic E-state index is 13.9. The molecular weight excluding hydrogens is 259 g/mol. The molecule has 4 heteroatoms. The van der Waals surface area contributed by atoms with Crippen LogP contribution in [-0.2, 0) is 0 Å². The number of rotatable bonds is 4. The van der Waals surface area contributed by atoms with E-state index in [9.17, 15) is 4.39 Å². The summed E-state index contributed by atoms with van der Waals surface area (Å²) in [7, 11) is 0. The van der Waals surface area contributed by atoms with Crippen molar-refractivity contribution < 1.29 is 4.39 Å². The van der Waals surface area contributed by atoms with Gasteiger partial charge in [-0.05, 0) is 36.8 Å². The van der Waals surface area contributed by atoms with Crippen molar-refractivity contribution in [3.63, 3.8) is 0 Å². The van der Waals surface area contributed by atoms with Crippen LogP contribution in [0.3, 0.4) is 0 Å². The molecule has 0 radical (unpaired) electrons. The Bertz CT molecular complexity index is 483. The third kappa shape index (κ3) is 2.59. The molecule has 0 saturated carbocycles. The van der Waals surface area contributed by atoms with Crippen molar-refractivity contribution in [2.24, 2.45) is 11.1 Å². The van der Waals surface area contributed by atoms with Crippen molar-refractivity contribution in [1.82, 2.24) is 0 Å². The van der Waals surface area contributed by atoms with Crippen LogP contribution in [-0.4, -0.2) is 18.1 Å². The Morgan fingerprint density at radius 3 is 2.63 bits per heavy atom. The smallest absolute Gasteiger partial charge is 0.135 e. The van der Waals surface area contributed by atoms with E-state index < -0.39 is 0 Å². The van der Waals surface area contributed by atoms with Crippen molar-refractivity contribution in [3.05, 3.63) is 29.6 Å². The van der Waals surface area contributed by atoms with Crippen molar-refractivity contribution in [2.45, 2.75) is 33.1 Å². The second kappa shape index (κ2) is 5.45. The molecule has 1 aromatic carbocycles. The number of nitrogens with two attached hydrogens (primary N) is 1. The summed E-state index contributed by atoms with van der Waals surface area (Å²) in [4.78, 5) is 2.36. The fraction of sp³-hybridized carbons (Fsp3) is 0.533. The van der Waals surface area contributed by atoms with E-state index >= 15 is 0 Å². The van der Waals surface area contributed by atoms with Crippen LogP contribution in [0.5, 0.6) is 0 Å². The Morgan fingerprint density at radius 1 is 1.42 bits per heavy atom. The highest BCUT2D eigenvalue weighted by atomic mass is 32.1. The van der Waals surface area contributed by atoms with E-state index in [-0.39, 0.29) is 10.8 Å². The largest absolute Gasteiger partial charge is 0.389 e. The molecule has 1 fully saturated rings. The summed E-state index contributed by atoms with van der Waals surface area (Å²) >= 11 is 5.00. The highest BCUT2D eigenvalue weighted by molar-refractivity contribution is 7.80. The minimum atomic E-state index is -0.324. The summed E-state index contributed by atoms with van der Waals surface area (Å²) in [6.45, 7) is 6.36. The molecule has 0 aromatic heterocycles. The van der Waals surface area contributed by atoms with Gasteiger partial charge in [-0.15, -0.1) is 0 Å². The summed E-state index contributed by atoms with van der Waals surface area (Å²) in [5, 5.41) is 0. The van der Waals surface area contributed by atoms with Gasteiger partial charge in [0, 0.05) is 18.8 Å². The number of hydrogen-bond donors (Lipinski definition) is 1. The molecule has 0 atom stereocenters. The standard InChI is InChI=1S/C15H21FN2S/c1-3-15(4-2)8-9-18(10-15)12-7-5-6-11(16)13(12)14(17)19/h5-7H,3-4,8-10H2,1-2H3,(H2,17,19). The third-order valence-electron chi connectivity index (χ3n) is 4.52. The van der Waals surface area contributed by atoms with Gasteiger partial charge in [0.25, 0.3) is 0 Å². The number of halogens is 1. The van der Waals surface area contributed by atoms with E-state index in [4.69, 9.17) is 18.0 Å². The molecule has 1 aliphatic rings. The second-order valence-electron chi connectivity index (χ2n) is 5.38. The van der Waals surface area contributed by atoms with Gasteiger partial charge in [-0.2, -0.15) is 0 Å². The number of nitrogens with zero attached hydrogens (tertiary/aromatic N) is 1. The van der Waals surface area contributed by atoms with Crippen LogP contribution < -0.4 is 10.6 Å². The molecule has 2 rings (SSSR count). The summed E-state index contributed by atoms with van der Waals surface area (Å²) < 4.78 is 13.9. The van der Waals surface area contributed by atoms with E-state index in [1.807, 2.05) is 6.07 Å². The summed E-state index contributed by atoms with van der Waals surface area (Å²) in [6, 6.07) is 5.06. The first-order chi connectivity index (χ1) is 9.03. The van der Waals surface area contributed by atoms with E-state index in [1.54, 1.807) is 6.07 Å². The molecule has 0 aliphatic carbocycles. The quantitative estimate of drug-likeness (QED) is 0.856. The fourth-order valence-corrected chi connectivity index (χ4v) is 3.19. The van der Waals surface area contributed by atoms with Gasteiger partial charge in [-0.1, -0.05) is 32.1 Å². The van der Waals surface area contributed by atoms with Crippen LogP contribution in [0.2, 0.25) is 0 Å². The maximum atomic E-state index is 13.9. The fourth-order valence-electron chi connectivity index (χ4n) is 2.99. The number of hydrogen-bond acceptors (Lipinski definition) is 2. The average molecular weight is 280 g/mol. The van der Waals surface area contributed by atoms with Gasteiger partial charge in [0.05, 0.1) is 5.56 Å². The molecule has 0 spiro atoms. The van der Waals surface area contributed by atoms with Crippen LogP contribution in [0.1, 0.15) is 38.7 Å². The van der Waals surface area contributed by atoms with Crippen molar-refractivity contribution in [1.29, 1.82) is 0 Å². The Morgan fingerprint density at radius 2 is 2.11 bits per heavy atom. The molecule has 0 unspecified atom stereocenters. The van der Waals surface area contributed by atoms with E-state index in [2.05, 4.69) is 18.7 Å². The molecule has 0 amide bonds. The minimum Gasteiger partial charge on any atom is -0.389 e. The van der Waals surface area contributed by atoms with Gasteiger partial charge in [-0.3, -0.25) is 0 Å². The Balaban J connectivity index is 2.34. The normalized spacial score (nSPS) is 17.7. The first-order valence-corrected chi connectivity index (χ1v) is 7.27. The highest BCUT2D eigenvalue weighted by Gasteiger charge is 2.36. The second-order valence-corrected chi connectivity index (χ2v) is 5.82. The van der Waals surface area contributed by atoms with Crippen LogP contribution in [0, 0.1) is 11.2 Å². The lowest BCUT2D eigenvalue weighted by atomic mass is 9.82. The van der Waals surface area contributed by atoms with E-state index in [0.29, 0.717) is 11.0 Å². The molecule has 1 aromatic rings. The predicted octanol–water partition coefficient (Wildman–Crippen LogP) is 3.48. The lowest BCUT2D eigenvalue weighted by Gasteiger charge is -2.28. The predicted molar refractivity (Wildman–Crippen MR) is 82.1 cm³/mol. The number of benzene rings is 1. The van der Waals surface area contributed by atoms with Crippen molar-refractivity contribution >= 4 is 22.9 Å². The van der Waals surface area contributed by atoms with Crippen LogP contribution >= 0.6 is 12.2 Å². The summed E-state index contributed by atoms with van der Waals surface area (Å²) in [6.07, 6.45) is 3.45. The van der Waals surface area contributed by atoms with Crippen LogP contribution in [0.15, 0.2) is 18.2 Å². The van der Waals surface area contributed by atoms with Gasteiger partial charge in [0.2, 0.25) is 0 Å². The van der Waals surface area contributed by atoms with Crippen molar-refractivity contribution in [2.75, 3.05) is 18.0 Å². The highest BCUT2D eigenvalue weighted by Crippen LogP contribution is 2.40. The zero-order valence-corrected chi connectivity index (χ0v) is 12.4. The monoisotopic (exact) mass is 280 g/mol. The van der Waals surface area contributed by atoms with E-state index in [1.165, 1.54) is 6.07 Å². The molecule has 1 heterocycles. The lowest BCUT2D eigenvalue weighted by Crippen LogP contribution is -2.28. The van der Waals surface area contributed by atoms with E-state index in [0.717, 1.165) is 38.0 Å². The zero-order valence-electron chi connectivity index (χ0n) is 11.6. The Labute approximate surface area is 119 Å². The average Bonchev–Trinajstić information content (AvgIpc) is 2.83. The molecule has 2 nitrogen and oxygen atoms in total. The lowest BCUT2D eigenvalue weighted by molar-refractivity contribution is 0.301. The third-order valence-corrected chi connectivity index (χ3v) is 4.72. The Kier molecular flexibility index (Phi) is 4.09. The topological polar surface area (TPSA) is 29.3 Å². The van der Waals surface area contributed by atoms with Crippen molar-refractivity contribution in [3.8, 4) is 0 Å². The molecule has 1 saturated heterocycles. The molecule has 1 aliphatic heterocycles. The minimum absolute atomic E-state index is 0.138. The van der Waals surface area contributed by atoms with Crippen LogP contribution in [0.4, 0.5) is 10.1 Å². The summed E-state index contributed by atoms with van der Waals surface area (Å²) in [5.74, 6) is -0.324. The number of anilines is 1. The first-order valence-electron chi connectivity index (χ1n) is 6.86. The zero-order chi connectivity index (χ0) is 14.0. The molecule has 2 N–H and O–H groups in total. The van der Waals surface area contributed by atoms with Gasteiger partial charge in [0.15, 0.2) is 0 Å². The van der Waals surface area contributed by atoms with Crippen LogP contribution in [0.25, 0.3) is 0 Å². The Hall–Kier alpha value is -1.16.